The highest BCUT2D eigenvalue weighted by molar-refractivity contribution is 5.97. The van der Waals surface area contributed by atoms with Crippen LogP contribution in [0.25, 0.3) is 0 Å². The number of carbonyl (C=O) groups is 1. The lowest BCUT2D eigenvalue weighted by Gasteiger charge is -2.11. The fraction of sp³-hybridized carbons (Fsp3) is 0.385. The number of ether oxygens (including phenoxy) is 1. The number of hydrogen-bond acceptors (Lipinski definition) is 3. The van der Waals surface area contributed by atoms with Gasteiger partial charge < -0.3 is 4.74 Å². The van der Waals surface area contributed by atoms with Crippen LogP contribution < -0.4 is 4.74 Å². The van der Waals surface area contributed by atoms with Crippen molar-refractivity contribution in [1.29, 1.82) is 5.26 Å². The van der Waals surface area contributed by atoms with E-state index in [9.17, 15) is 18.0 Å². The first kappa shape index (κ1) is 15.0. The van der Waals surface area contributed by atoms with Crippen LogP contribution in [0, 0.1) is 11.3 Å². The van der Waals surface area contributed by atoms with E-state index in [4.69, 9.17) is 10.00 Å². The summed E-state index contributed by atoms with van der Waals surface area (Å²) < 4.78 is 41.0. The molecule has 3 nitrogen and oxygen atoms in total. The second-order valence-corrected chi connectivity index (χ2v) is 3.95. The van der Waals surface area contributed by atoms with Crippen LogP contribution in [-0.2, 0) is 0 Å². The zero-order chi connectivity index (χ0) is 14.5. The van der Waals surface area contributed by atoms with Crippen LogP contribution in [0.3, 0.4) is 0 Å². The van der Waals surface area contributed by atoms with Crippen molar-refractivity contribution in [2.24, 2.45) is 0 Å². The summed E-state index contributed by atoms with van der Waals surface area (Å²) in [5.74, 6) is -0.121. The van der Waals surface area contributed by atoms with Crippen LogP contribution in [-0.4, -0.2) is 18.6 Å². The topological polar surface area (TPSA) is 50.1 Å². The van der Waals surface area contributed by atoms with Crippen molar-refractivity contribution in [3.05, 3.63) is 29.3 Å². The minimum absolute atomic E-state index is 0.147. The molecule has 1 aromatic rings. The molecule has 0 radical (unpaired) electrons. The summed E-state index contributed by atoms with van der Waals surface area (Å²) in [6.45, 7) is 1.17. The third-order valence-electron chi connectivity index (χ3n) is 2.35. The highest BCUT2D eigenvalue weighted by atomic mass is 19.4. The molecular formula is C13H12F3NO2. The second kappa shape index (κ2) is 6.23. The number of rotatable bonds is 5. The summed E-state index contributed by atoms with van der Waals surface area (Å²) in [5, 5.41) is 8.73. The Morgan fingerprint density at radius 1 is 1.42 bits per heavy atom. The molecule has 0 N–H and O–H groups in total. The Morgan fingerprint density at radius 2 is 2.11 bits per heavy atom. The lowest BCUT2D eigenvalue weighted by atomic mass is 10.1. The zero-order valence-corrected chi connectivity index (χ0v) is 10.3. The summed E-state index contributed by atoms with van der Waals surface area (Å²) >= 11 is 0. The molecule has 1 aromatic carbocycles. The summed E-state index contributed by atoms with van der Waals surface area (Å²) in [5.41, 5.74) is 0.543. The number of benzene rings is 1. The number of halogens is 3. The highest BCUT2D eigenvalue weighted by Gasteiger charge is 2.26. The average molecular weight is 271 g/mol. The molecule has 0 amide bonds. The van der Waals surface area contributed by atoms with Crippen molar-refractivity contribution in [3.8, 4) is 11.8 Å². The van der Waals surface area contributed by atoms with E-state index >= 15 is 0 Å². The van der Waals surface area contributed by atoms with Crippen molar-refractivity contribution in [1.82, 2.24) is 0 Å². The number of hydrogen-bond donors (Lipinski definition) is 0. The van der Waals surface area contributed by atoms with Gasteiger partial charge in [0.05, 0.1) is 23.8 Å². The van der Waals surface area contributed by atoms with Crippen LogP contribution in [0.4, 0.5) is 13.2 Å². The van der Waals surface area contributed by atoms with Gasteiger partial charge in [0.2, 0.25) is 0 Å². The lowest BCUT2D eigenvalue weighted by Crippen LogP contribution is -2.10. The first-order chi connectivity index (χ1) is 8.83. The predicted octanol–water partition coefficient (Wildman–Crippen LogP) is 3.48. The van der Waals surface area contributed by atoms with Gasteiger partial charge in [-0.05, 0) is 31.5 Å². The Hall–Kier alpha value is -2.03. The van der Waals surface area contributed by atoms with Crippen LogP contribution >= 0.6 is 0 Å². The molecule has 6 heteroatoms. The normalized spacial score (nSPS) is 10.9. The number of alkyl halides is 3. The lowest BCUT2D eigenvalue weighted by molar-refractivity contribution is -0.136. The van der Waals surface area contributed by atoms with E-state index in [1.54, 1.807) is 0 Å². The molecule has 0 aliphatic heterocycles. The van der Waals surface area contributed by atoms with Gasteiger partial charge in [0, 0.05) is 6.42 Å². The van der Waals surface area contributed by atoms with Gasteiger partial charge in [-0.3, -0.25) is 4.79 Å². The molecule has 102 valence electrons. The zero-order valence-electron chi connectivity index (χ0n) is 10.3. The molecular weight excluding hydrogens is 259 g/mol. The SMILES string of the molecule is CC(=O)c1ccc(C#N)cc1OCCCC(F)(F)F. The Morgan fingerprint density at radius 3 is 2.63 bits per heavy atom. The molecule has 19 heavy (non-hydrogen) atoms. The molecule has 0 saturated carbocycles. The molecule has 0 fully saturated rings. The van der Waals surface area contributed by atoms with Crippen molar-refractivity contribution < 1.29 is 22.7 Å². The maximum atomic E-state index is 12.0. The van der Waals surface area contributed by atoms with E-state index in [1.165, 1.54) is 25.1 Å². The van der Waals surface area contributed by atoms with Gasteiger partial charge in [0.25, 0.3) is 0 Å². The smallest absolute Gasteiger partial charge is 0.389 e. The van der Waals surface area contributed by atoms with Gasteiger partial charge in [0.1, 0.15) is 5.75 Å². The molecule has 0 atom stereocenters. The highest BCUT2D eigenvalue weighted by Crippen LogP contribution is 2.24. The van der Waals surface area contributed by atoms with Crippen LogP contribution in [0.1, 0.15) is 35.7 Å². The molecule has 0 bridgehead atoms. The van der Waals surface area contributed by atoms with E-state index < -0.39 is 12.6 Å². The summed E-state index contributed by atoms with van der Waals surface area (Å²) in [7, 11) is 0. The molecule has 0 aliphatic rings. The molecule has 1 rings (SSSR count). The predicted molar refractivity (Wildman–Crippen MR) is 61.9 cm³/mol. The monoisotopic (exact) mass is 271 g/mol. The second-order valence-electron chi connectivity index (χ2n) is 3.95. The molecule has 0 heterocycles. The van der Waals surface area contributed by atoms with Crippen molar-refractivity contribution in [3.63, 3.8) is 0 Å². The fourth-order valence-corrected chi connectivity index (χ4v) is 1.46. The number of ketones is 1. The Balaban J connectivity index is 2.71. The van der Waals surface area contributed by atoms with Crippen molar-refractivity contribution in [2.45, 2.75) is 25.9 Å². The van der Waals surface area contributed by atoms with Gasteiger partial charge in [-0.15, -0.1) is 0 Å². The Kier molecular flexibility index (Phi) is 4.93. The molecule has 0 spiro atoms. The van der Waals surface area contributed by atoms with Crippen LogP contribution in [0.2, 0.25) is 0 Å². The maximum Gasteiger partial charge on any atom is 0.389 e. The largest absolute Gasteiger partial charge is 0.493 e. The van der Waals surface area contributed by atoms with Crippen molar-refractivity contribution in [2.75, 3.05) is 6.61 Å². The van der Waals surface area contributed by atoms with E-state index in [0.717, 1.165) is 0 Å². The average Bonchev–Trinajstić information content (AvgIpc) is 2.33. The number of carbonyl (C=O) groups excluding carboxylic acids is 1. The Bertz CT molecular complexity index is 504. The number of nitriles is 1. The first-order valence-corrected chi connectivity index (χ1v) is 5.58. The van der Waals surface area contributed by atoms with Crippen LogP contribution in [0.5, 0.6) is 5.75 Å². The standard InChI is InChI=1S/C13H12F3NO2/c1-9(18)11-4-3-10(8-17)7-12(11)19-6-2-5-13(14,15)16/h3-4,7H,2,5-6H2,1H3. The van der Waals surface area contributed by atoms with E-state index in [1.807, 2.05) is 6.07 Å². The minimum atomic E-state index is -4.22. The molecule has 0 aliphatic carbocycles. The fourth-order valence-electron chi connectivity index (χ4n) is 1.46. The molecule has 0 aromatic heterocycles. The third kappa shape index (κ3) is 5.00. The number of nitrogens with zero attached hydrogens (tertiary/aromatic N) is 1. The van der Waals surface area contributed by atoms with Gasteiger partial charge in [0.15, 0.2) is 5.78 Å². The maximum absolute atomic E-state index is 12.0. The molecule has 0 unspecified atom stereocenters. The van der Waals surface area contributed by atoms with Crippen LogP contribution in [0.15, 0.2) is 18.2 Å². The summed E-state index contributed by atoms with van der Waals surface area (Å²) in [4.78, 5) is 11.3. The quantitative estimate of drug-likeness (QED) is 0.608. The molecule has 0 saturated heterocycles. The summed E-state index contributed by atoms with van der Waals surface area (Å²) in [6.07, 6.45) is -5.36. The van der Waals surface area contributed by atoms with Gasteiger partial charge in [-0.2, -0.15) is 18.4 Å². The summed E-state index contributed by atoms with van der Waals surface area (Å²) in [6, 6.07) is 6.12. The first-order valence-electron chi connectivity index (χ1n) is 5.58. The van der Waals surface area contributed by atoms with Crippen molar-refractivity contribution >= 4 is 5.78 Å². The Labute approximate surface area is 108 Å². The van der Waals surface area contributed by atoms with E-state index in [-0.39, 0.29) is 35.7 Å². The van der Waals surface area contributed by atoms with Gasteiger partial charge in [-0.25, -0.2) is 0 Å². The van der Waals surface area contributed by atoms with E-state index in [2.05, 4.69) is 0 Å². The number of Topliss-reactive ketones (excluding diaryl/α,β-unsaturated/α-hetero) is 1. The third-order valence-corrected chi connectivity index (χ3v) is 2.35. The van der Waals surface area contributed by atoms with Gasteiger partial charge in [-0.1, -0.05) is 0 Å². The minimum Gasteiger partial charge on any atom is -0.493 e. The van der Waals surface area contributed by atoms with E-state index in [0.29, 0.717) is 0 Å². The van der Waals surface area contributed by atoms with Gasteiger partial charge >= 0.3 is 6.18 Å².